The first-order valence-electron chi connectivity index (χ1n) is 13.3. The molecule has 1 saturated heterocycles. The zero-order chi connectivity index (χ0) is 26.5. The molecule has 38 heavy (non-hydrogen) atoms. The van der Waals surface area contributed by atoms with Crippen molar-refractivity contribution >= 4 is 22.8 Å². The maximum absolute atomic E-state index is 13.4. The molecular weight excluding hydrogens is 489 g/mol. The number of aliphatic hydroxyl groups is 1. The monoisotopic (exact) mass is 523 g/mol. The van der Waals surface area contributed by atoms with E-state index in [2.05, 4.69) is 36.9 Å². The zero-order valence-corrected chi connectivity index (χ0v) is 21.4. The Bertz CT molecular complexity index is 1340. The number of H-pyrrole nitrogens is 1. The van der Waals surface area contributed by atoms with Crippen molar-refractivity contribution in [3.8, 4) is 0 Å². The highest BCUT2D eigenvalue weighted by Crippen LogP contribution is 2.33. The van der Waals surface area contributed by atoms with Crippen molar-refractivity contribution in [3.05, 3.63) is 65.0 Å². The van der Waals surface area contributed by atoms with Crippen molar-refractivity contribution in [2.75, 3.05) is 39.5 Å². The van der Waals surface area contributed by atoms with E-state index in [0.717, 1.165) is 56.7 Å². The first-order valence-corrected chi connectivity index (χ1v) is 13.3. The van der Waals surface area contributed by atoms with E-state index in [0.29, 0.717) is 24.0 Å². The Balaban J connectivity index is 1.47. The number of aromatic amines is 1. The molecule has 202 valence electrons. The van der Waals surface area contributed by atoms with Crippen LogP contribution in [0.25, 0.3) is 11.0 Å². The molecule has 2 heterocycles. The number of aromatic nitrogens is 2. The lowest BCUT2D eigenvalue weighted by Gasteiger charge is -2.29. The van der Waals surface area contributed by atoms with E-state index in [-0.39, 0.29) is 31.0 Å². The van der Waals surface area contributed by atoms with Gasteiger partial charge < -0.3 is 24.7 Å². The van der Waals surface area contributed by atoms with Crippen LogP contribution in [0.4, 0.5) is 4.39 Å². The number of benzene rings is 2. The summed E-state index contributed by atoms with van der Waals surface area (Å²) in [4.78, 5) is 35.6. The van der Waals surface area contributed by atoms with E-state index < -0.39 is 11.7 Å². The van der Waals surface area contributed by atoms with Crippen LogP contribution in [-0.2, 0) is 16.1 Å². The Morgan fingerprint density at radius 1 is 1.08 bits per heavy atom. The lowest BCUT2D eigenvalue weighted by atomic mass is 9.85. The van der Waals surface area contributed by atoms with Crippen molar-refractivity contribution in [3.63, 3.8) is 0 Å². The number of rotatable bonds is 7. The Labute approximate surface area is 220 Å². The van der Waals surface area contributed by atoms with Crippen molar-refractivity contribution in [1.29, 1.82) is 0 Å². The van der Waals surface area contributed by atoms with Crippen LogP contribution >= 0.6 is 0 Å². The summed E-state index contributed by atoms with van der Waals surface area (Å²) < 4.78 is 21.0. The van der Waals surface area contributed by atoms with Crippen molar-refractivity contribution in [1.82, 2.24) is 19.8 Å². The molecule has 0 radical (unpaired) electrons. The van der Waals surface area contributed by atoms with E-state index >= 15 is 0 Å². The third-order valence-corrected chi connectivity index (χ3v) is 7.45. The summed E-state index contributed by atoms with van der Waals surface area (Å²) in [7, 11) is 0. The van der Waals surface area contributed by atoms with Gasteiger partial charge >= 0.3 is 0 Å². The fourth-order valence-electron chi connectivity index (χ4n) is 5.42. The van der Waals surface area contributed by atoms with Crippen molar-refractivity contribution in [2.24, 2.45) is 10.9 Å². The highest BCUT2D eigenvalue weighted by molar-refractivity contribution is 5.95. The molecule has 0 unspecified atom stereocenters. The van der Waals surface area contributed by atoms with Gasteiger partial charge in [0.25, 0.3) is 5.91 Å². The standard InChI is InChI=1S/C28H34FN5O4/c29-22-6-2-21(3-7-22)27(37)32-28-31-24-10-1-19(18-33-12-15-38-16-13-33)17-25(24)34(28)23-8-4-20(5-9-23)26(36)30-11-14-35/h1-3,6-7,10,17,20,23,35H,4-5,8-9,11-16,18H2,(H,30,36)(H,31,32,37)/t20-,23+. The fourth-order valence-corrected chi connectivity index (χ4v) is 5.42. The number of aliphatic hydroxyl groups excluding tert-OH is 1. The second-order valence-corrected chi connectivity index (χ2v) is 10.0. The largest absolute Gasteiger partial charge is 0.395 e. The third-order valence-electron chi connectivity index (χ3n) is 7.45. The topological polar surface area (TPSA) is 112 Å². The molecule has 3 N–H and O–H groups in total. The van der Waals surface area contributed by atoms with Crippen LogP contribution in [-0.4, -0.2) is 70.8 Å². The van der Waals surface area contributed by atoms with Crippen molar-refractivity contribution in [2.45, 2.75) is 38.3 Å². The summed E-state index contributed by atoms with van der Waals surface area (Å²) >= 11 is 0. The van der Waals surface area contributed by atoms with Gasteiger partial charge in [-0.2, -0.15) is 4.99 Å². The van der Waals surface area contributed by atoms with Gasteiger partial charge in [0.05, 0.1) is 30.9 Å². The summed E-state index contributed by atoms with van der Waals surface area (Å²) in [5, 5.41) is 11.8. The van der Waals surface area contributed by atoms with Gasteiger partial charge in [-0.25, -0.2) is 4.39 Å². The molecule has 3 aromatic rings. The Morgan fingerprint density at radius 3 is 2.53 bits per heavy atom. The number of ether oxygens (including phenoxy) is 1. The highest BCUT2D eigenvalue weighted by Gasteiger charge is 2.28. The van der Waals surface area contributed by atoms with E-state index in [1.807, 2.05) is 6.07 Å². The first kappa shape index (κ1) is 26.3. The van der Waals surface area contributed by atoms with Gasteiger partial charge in [0.15, 0.2) is 0 Å². The Kier molecular flexibility index (Phi) is 8.31. The summed E-state index contributed by atoms with van der Waals surface area (Å²) in [5.41, 5.74) is 3.78. The third kappa shape index (κ3) is 6.03. The van der Waals surface area contributed by atoms with Crippen LogP contribution in [0.3, 0.4) is 0 Å². The summed E-state index contributed by atoms with van der Waals surface area (Å²) in [5.74, 6) is -0.974. The van der Waals surface area contributed by atoms with E-state index in [1.54, 1.807) is 0 Å². The molecule has 1 aliphatic heterocycles. The minimum absolute atomic E-state index is 0.0226. The van der Waals surface area contributed by atoms with Crippen LogP contribution in [0, 0.1) is 11.7 Å². The minimum atomic E-state index is -0.448. The van der Waals surface area contributed by atoms with E-state index in [9.17, 15) is 14.0 Å². The van der Waals surface area contributed by atoms with Gasteiger partial charge in [0, 0.05) is 43.7 Å². The smallest absolute Gasteiger partial charge is 0.280 e. The predicted molar refractivity (Wildman–Crippen MR) is 140 cm³/mol. The van der Waals surface area contributed by atoms with Gasteiger partial charge in [0.2, 0.25) is 11.5 Å². The predicted octanol–water partition coefficient (Wildman–Crippen LogP) is 2.52. The number of morpholine rings is 1. The molecule has 0 bridgehead atoms. The van der Waals surface area contributed by atoms with Crippen LogP contribution in [0.2, 0.25) is 0 Å². The second-order valence-electron chi connectivity index (χ2n) is 10.0. The maximum Gasteiger partial charge on any atom is 0.280 e. The number of halogens is 1. The molecule has 2 aromatic carbocycles. The number of fused-ring (bicyclic) bond motifs is 1. The van der Waals surface area contributed by atoms with Crippen LogP contribution in [0.5, 0.6) is 0 Å². The molecular formula is C28H34FN5O4. The number of carbonyl (C=O) groups excluding carboxylic acids is 2. The summed E-state index contributed by atoms with van der Waals surface area (Å²) in [6, 6.07) is 11.7. The average Bonchev–Trinajstić information content (AvgIpc) is 3.29. The van der Waals surface area contributed by atoms with Gasteiger partial charge in [-0.05, 0) is 67.6 Å². The molecule has 9 nitrogen and oxygen atoms in total. The SMILES string of the molecule is O=C(/N=c1\[nH]c2ccc(CN3CCOCC3)cc2n1[C@H]1CC[C@@H](C(=O)NCCO)CC1)c1ccc(F)cc1. The Hall–Kier alpha value is -3.34. The summed E-state index contributed by atoms with van der Waals surface area (Å²) in [6.07, 6.45) is 2.94. The van der Waals surface area contributed by atoms with Gasteiger partial charge in [-0.1, -0.05) is 6.07 Å². The number of amides is 2. The molecule has 10 heteroatoms. The van der Waals surface area contributed by atoms with Crippen LogP contribution in [0.1, 0.15) is 47.6 Å². The normalized spacial score (nSPS) is 21.1. The number of carbonyl (C=O) groups is 2. The van der Waals surface area contributed by atoms with Gasteiger partial charge in [-0.15, -0.1) is 0 Å². The quantitative estimate of drug-likeness (QED) is 0.441. The van der Waals surface area contributed by atoms with Crippen LogP contribution in [0.15, 0.2) is 47.5 Å². The molecule has 1 saturated carbocycles. The molecule has 2 fully saturated rings. The molecule has 1 aliphatic carbocycles. The number of hydrogen-bond donors (Lipinski definition) is 3. The number of imidazole rings is 1. The molecule has 5 rings (SSSR count). The zero-order valence-electron chi connectivity index (χ0n) is 21.4. The Morgan fingerprint density at radius 2 is 1.82 bits per heavy atom. The highest BCUT2D eigenvalue weighted by atomic mass is 19.1. The second kappa shape index (κ2) is 12.0. The number of nitrogens with one attached hydrogen (secondary N) is 2. The van der Waals surface area contributed by atoms with Gasteiger partial charge in [-0.3, -0.25) is 14.5 Å². The van der Waals surface area contributed by atoms with Crippen LogP contribution < -0.4 is 10.9 Å². The lowest BCUT2D eigenvalue weighted by molar-refractivity contribution is -0.126. The molecule has 0 spiro atoms. The van der Waals surface area contributed by atoms with E-state index in [4.69, 9.17) is 9.84 Å². The maximum atomic E-state index is 13.4. The fraction of sp³-hybridized carbons (Fsp3) is 0.464. The first-order chi connectivity index (χ1) is 18.5. The number of hydrogen-bond acceptors (Lipinski definition) is 5. The summed E-state index contributed by atoms with van der Waals surface area (Å²) in [6.45, 7) is 4.23. The molecule has 0 atom stereocenters. The van der Waals surface area contributed by atoms with E-state index in [1.165, 1.54) is 29.8 Å². The molecule has 1 aromatic heterocycles. The lowest BCUT2D eigenvalue weighted by Crippen LogP contribution is -2.36. The van der Waals surface area contributed by atoms with Crippen molar-refractivity contribution < 1.29 is 23.8 Å². The average molecular weight is 524 g/mol. The molecule has 2 aliphatic rings. The molecule has 2 amide bonds. The van der Waals surface area contributed by atoms with Gasteiger partial charge in [0.1, 0.15) is 5.82 Å². The number of nitrogens with zero attached hydrogens (tertiary/aromatic N) is 3. The minimum Gasteiger partial charge on any atom is -0.395 e.